The average Bonchev–Trinajstić information content (AvgIpc) is 3.60. The summed E-state index contributed by atoms with van der Waals surface area (Å²) in [6, 6.07) is 9.69. The molecule has 0 unspecified atom stereocenters. The molecule has 3 aromatic heterocycles. The third-order valence-corrected chi connectivity index (χ3v) is 6.74. The summed E-state index contributed by atoms with van der Waals surface area (Å²) in [5.41, 5.74) is 3.92. The molecule has 0 aliphatic carbocycles. The van der Waals surface area contributed by atoms with E-state index in [1.807, 2.05) is 23.9 Å². The fraction of sp³-hybridized carbons (Fsp3) is 0.429. The fourth-order valence-electron chi connectivity index (χ4n) is 4.94. The summed E-state index contributed by atoms with van der Waals surface area (Å²) < 4.78 is 3.58. The Balaban J connectivity index is 1.38. The summed E-state index contributed by atoms with van der Waals surface area (Å²) >= 11 is 0. The topological polar surface area (TPSA) is 101 Å². The zero-order chi connectivity index (χ0) is 26.0. The van der Waals surface area contributed by atoms with Crippen molar-refractivity contribution in [3.05, 3.63) is 60.0 Å². The number of amides is 1. The van der Waals surface area contributed by atoms with Crippen LogP contribution < -0.4 is 5.32 Å². The molecule has 9 heteroatoms. The van der Waals surface area contributed by atoms with Gasteiger partial charge in [0.1, 0.15) is 0 Å². The lowest BCUT2D eigenvalue weighted by atomic mass is 10.1. The predicted molar refractivity (Wildman–Crippen MR) is 144 cm³/mol. The van der Waals surface area contributed by atoms with Crippen molar-refractivity contribution in [1.29, 1.82) is 0 Å². The molecule has 4 aromatic rings. The van der Waals surface area contributed by atoms with Gasteiger partial charge in [-0.05, 0) is 89.0 Å². The van der Waals surface area contributed by atoms with Crippen LogP contribution in [0.3, 0.4) is 0 Å². The monoisotopic (exact) mass is 501 g/mol. The first-order valence-corrected chi connectivity index (χ1v) is 13.0. The van der Waals surface area contributed by atoms with Gasteiger partial charge in [-0.1, -0.05) is 6.07 Å². The van der Waals surface area contributed by atoms with Crippen LogP contribution in [0.25, 0.3) is 22.3 Å². The van der Waals surface area contributed by atoms with Crippen molar-refractivity contribution in [2.75, 3.05) is 25.0 Å². The Kier molecular flexibility index (Phi) is 7.08. The van der Waals surface area contributed by atoms with Gasteiger partial charge in [-0.3, -0.25) is 19.8 Å². The Morgan fingerprint density at radius 2 is 1.97 bits per heavy atom. The lowest BCUT2D eigenvalue weighted by Gasteiger charge is -2.20. The van der Waals surface area contributed by atoms with Gasteiger partial charge >= 0.3 is 0 Å². The van der Waals surface area contributed by atoms with Gasteiger partial charge in [0.15, 0.2) is 0 Å². The number of imidazole rings is 1. The van der Waals surface area contributed by atoms with E-state index in [0.29, 0.717) is 23.8 Å². The second-order valence-electron chi connectivity index (χ2n) is 10.6. The molecule has 1 fully saturated rings. The van der Waals surface area contributed by atoms with Crippen LogP contribution in [-0.2, 0) is 20.0 Å². The zero-order valence-electron chi connectivity index (χ0n) is 21.8. The van der Waals surface area contributed by atoms with Crippen LogP contribution in [-0.4, -0.2) is 65.5 Å². The van der Waals surface area contributed by atoms with E-state index in [4.69, 9.17) is 4.98 Å². The Labute approximate surface area is 217 Å². The number of carbonyl (C=O) groups is 1. The summed E-state index contributed by atoms with van der Waals surface area (Å²) in [5.74, 6) is 0.127. The van der Waals surface area contributed by atoms with E-state index in [9.17, 15) is 9.90 Å². The van der Waals surface area contributed by atoms with Crippen LogP contribution in [0.15, 0.2) is 48.9 Å². The number of benzene rings is 1. The van der Waals surface area contributed by atoms with Crippen LogP contribution in [0.2, 0.25) is 0 Å². The quantitative estimate of drug-likeness (QED) is 0.361. The van der Waals surface area contributed by atoms with E-state index in [-0.39, 0.29) is 5.91 Å². The Morgan fingerprint density at radius 3 is 2.70 bits per heavy atom. The van der Waals surface area contributed by atoms with Crippen molar-refractivity contribution in [2.24, 2.45) is 7.05 Å². The molecular formula is C28H35N7O2. The number of carbonyl (C=O) groups excluding carboxylic acids is 1. The third kappa shape index (κ3) is 6.06. The summed E-state index contributed by atoms with van der Waals surface area (Å²) in [5, 5.41) is 17.7. The van der Waals surface area contributed by atoms with E-state index in [0.717, 1.165) is 36.0 Å². The zero-order valence-corrected chi connectivity index (χ0v) is 21.8. The Hall–Kier alpha value is -3.56. The molecular weight excluding hydrogens is 466 g/mol. The molecule has 0 bridgehead atoms. The standard InChI is InChI=1S/C28H35N7O2/c1-28(2,37)19-35-25-9-8-20(7-6-14-34-12-4-5-13-34)15-24(25)31-27(35)32-26(36)21-10-11-29-23(16-21)22-17-30-33(3)18-22/h8-11,15-18,37H,4-7,12-14,19H2,1-3H3,(H,31,32,36). The van der Waals surface area contributed by atoms with Gasteiger partial charge in [0, 0.05) is 30.6 Å². The highest BCUT2D eigenvalue weighted by atomic mass is 16.3. The average molecular weight is 502 g/mol. The van der Waals surface area contributed by atoms with Crippen LogP contribution in [0, 0.1) is 0 Å². The number of rotatable bonds is 9. The maximum atomic E-state index is 13.3. The lowest BCUT2D eigenvalue weighted by Crippen LogP contribution is -2.27. The molecule has 0 spiro atoms. The number of anilines is 1. The molecule has 0 saturated carbocycles. The van der Waals surface area contributed by atoms with Crippen LogP contribution in [0.1, 0.15) is 49.0 Å². The molecule has 5 rings (SSSR count). The first kappa shape index (κ1) is 25.1. The molecule has 1 aliphatic rings. The van der Waals surface area contributed by atoms with Crippen molar-refractivity contribution < 1.29 is 9.90 Å². The number of likely N-dealkylation sites (tertiary alicyclic amines) is 1. The lowest BCUT2D eigenvalue weighted by molar-refractivity contribution is 0.0630. The van der Waals surface area contributed by atoms with Gasteiger partial charge in [0.25, 0.3) is 5.91 Å². The van der Waals surface area contributed by atoms with E-state index in [1.165, 1.54) is 31.5 Å². The molecule has 37 heavy (non-hydrogen) atoms. The number of hydrogen-bond acceptors (Lipinski definition) is 6. The first-order chi connectivity index (χ1) is 17.7. The Bertz CT molecular complexity index is 1390. The van der Waals surface area contributed by atoms with Gasteiger partial charge in [-0.15, -0.1) is 0 Å². The number of aryl methyl sites for hydroxylation is 2. The first-order valence-electron chi connectivity index (χ1n) is 13.0. The molecule has 0 atom stereocenters. The normalized spacial score (nSPS) is 14.5. The van der Waals surface area contributed by atoms with Gasteiger partial charge in [-0.2, -0.15) is 5.10 Å². The molecule has 4 heterocycles. The number of pyridine rings is 1. The highest BCUT2D eigenvalue weighted by Gasteiger charge is 2.21. The van der Waals surface area contributed by atoms with E-state index in [2.05, 4.69) is 32.4 Å². The smallest absolute Gasteiger partial charge is 0.258 e. The summed E-state index contributed by atoms with van der Waals surface area (Å²) in [6.07, 6.45) is 9.91. The number of hydrogen-bond donors (Lipinski definition) is 2. The van der Waals surface area contributed by atoms with E-state index in [1.54, 1.807) is 43.1 Å². The fourth-order valence-corrected chi connectivity index (χ4v) is 4.94. The van der Waals surface area contributed by atoms with Gasteiger partial charge in [0.05, 0.1) is 35.1 Å². The van der Waals surface area contributed by atoms with Crippen molar-refractivity contribution in [3.8, 4) is 11.3 Å². The minimum absolute atomic E-state index is 0.286. The SMILES string of the molecule is Cn1cc(-c2cc(C(=O)Nc3nc4cc(CCCN5CCCC5)ccc4n3CC(C)(C)O)ccn2)cn1. The van der Waals surface area contributed by atoms with Crippen LogP contribution in [0.4, 0.5) is 5.95 Å². The molecule has 1 saturated heterocycles. The van der Waals surface area contributed by atoms with E-state index < -0.39 is 5.60 Å². The summed E-state index contributed by atoms with van der Waals surface area (Å²) in [7, 11) is 1.84. The maximum absolute atomic E-state index is 13.3. The van der Waals surface area contributed by atoms with Crippen LogP contribution in [0.5, 0.6) is 0 Å². The molecule has 1 aliphatic heterocycles. The van der Waals surface area contributed by atoms with Crippen molar-refractivity contribution in [1.82, 2.24) is 29.2 Å². The van der Waals surface area contributed by atoms with Gasteiger partial charge in [0.2, 0.25) is 5.95 Å². The molecule has 1 amide bonds. The van der Waals surface area contributed by atoms with Crippen LogP contribution >= 0.6 is 0 Å². The number of aromatic nitrogens is 5. The number of nitrogens with one attached hydrogen (secondary N) is 1. The predicted octanol–water partition coefficient (Wildman–Crippen LogP) is 3.88. The summed E-state index contributed by atoms with van der Waals surface area (Å²) in [4.78, 5) is 24.9. The van der Waals surface area contributed by atoms with Gasteiger partial charge < -0.3 is 14.6 Å². The number of aliphatic hydroxyl groups is 1. The molecule has 2 N–H and O–H groups in total. The second-order valence-corrected chi connectivity index (χ2v) is 10.6. The van der Waals surface area contributed by atoms with Gasteiger partial charge in [-0.25, -0.2) is 4.98 Å². The van der Waals surface area contributed by atoms with E-state index >= 15 is 0 Å². The van der Waals surface area contributed by atoms with Crippen molar-refractivity contribution >= 4 is 22.9 Å². The molecule has 9 nitrogen and oxygen atoms in total. The minimum Gasteiger partial charge on any atom is -0.389 e. The minimum atomic E-state index is -0.981. The van der Waals surface area contributed by atoms with Crippen molar-refractivity contribution in [3.63, 3.8) is 0 Å². The largest absolute Gasteiger partial charge is 0.389 e. The highest BCUT2D eigenvalue weighted by Crippen LogP contribution is 2.25. The number of fused-ring (bicyclic) bond motifs is 1. The highest BCUT2D eigenvalue weighted by molar-refractivity contribution is 6.04. The maximum Gasteiger partial charge on any atom is 0.258 e. The molecule has 194 valence electrons. The Morgan fingerprint density at radius 1 is 1.16 bits per heavy atom. The summed E-state index contributed by atoms with van der Waals surface area (Å²) in [6.45, 7) is 7.35. The molecule has 1 aromatic carbocycles. The second kappa shape index (κ2) is 10.4. The third-order valence-electron chi connectivity index (χ3n) is 6.74. The molecule has 0 radical (unpaired) electrons. The number of nitrogens with zero attached hydrogens (tertiary/aromatic N) is 6. The van der Waals surface area contributed by atoms with Crippen molar-refractivity contribution in [2.45, 2.75) is 51.7 Å².